The van der Waals surface area contributed by atoms with Gasteiger partial charge in [0.05, 0.1) is 6.61 Å². The fourth-order valence-electron chi connectivity index (χ4n) is 2.02. The van der Waals surface area contributed by atoms with Gasteiger partial charge in [-0.1, -0.05) is 32.9 Å². The Morgan fingerprint density at radius 3 is 2.94 bits per heavy atom. The molecule has 1 N–H and O–H groups in total. The Morgan fingerprint density at radius 1 is 1.35 bits per heavy atom. The molecule has 2 nitrogen and oxygen atoms in total. The van der Waals surface area contributed by atoms with Gasteiger partial charge in [-0.3, -0.25) is 0 Å². The molecule has 0 spiro atoms. The third kappa shape index (κ3) is 3.22. The topological polar surface area (TPSA) is 21.3 Å². The van der Waals surface area contributed by atoms with Crippen molar-refractivity contribution in [3.05, 3.63) is 29.3 Å². The lowest BCUT2D eigenvalue weighted by Gasteiger charge is -2.23. The minimum Gasteiger partial charge on any atom is -0.493 e. The Labute approximate surface area is 104 Å². The summed E-state index contributed by atoms with van der Waals surface area (Å²) in [6, 6.07) is 6.54. The van der Waals surface area contributed by atoms with Crippen LogP contribution in [0, 0.1) is 5.41 Å². The van der Waals surface area contributed by atoms with E-state index >= 15 is 0 Å². The molecular weight excluding hydrogens is 210 g/mol. The monoisotopic (exact) mass is 233 g/mol. The number of hydrogen-bond donors (Lipinski definition) is 1. The molecule has 1 aliphatic rings. The number of ether oxygens (including phenoxy) is 1. The van der Waals surface area contributed by atoms with E-state index in [0.717, 1.165) is 31.9 Å². The van der Waals surface area contributed by atoms with E-state index in [2.05, 4.69) is 44.3 Å². The maximum absolute atomic E-state index is 5.51. The summed E-state index contributed by atoms with van der Waals surface area (Å²) in [4.78, 5) is 0. The zero-order valence-electron chi connectivity index (χ0n) is 11.2. The van der Waals surface area contributed by atoms with E-state index in [-0.39, 0.29) is 0 Å². The molecule has 0 bridgehead atoms. The van der Waals surface area contributed by atoms with Gasteiger partial charge in [-0.05, 0) is 29.0 Å². The minimum absolute atomic E-state index is 0.389. The molecule has 0 aromatic heterocycles. The van der Waals surface area contributed by atoms with Crippen molar-refractivity contribution in [1.29, 1.82) is 0 Å². The lowest BCUT2D eigenvalue weighted by Crippen LogP contribution is -2.28. The van der Waals surface area contributed by atoms with Crippen molar-refractivity contribution >= 4 is 0 Å². The number of nitrogens with one attached hydrogen (secondary N) is 1. The summed E-state index contributed by atoms with van der Waals surface area (Å²) < 4.78 is 5.51. The Kier molecular flexibility index (Phi) is 3.72. The van der Waals surface area contributed by atoms with Crippen LogP contribution < -0.4 is 10.1 Å². The van der Waals surface area contributed by atoms with E-state index in [1.54, 1.807) is 0 Å². The van der Waals surface area contributed by atoms with Gasteiger partial charge in [0, 0.05) is 19.5 Å². The Bertz CT molecular complexity index is 385. The average molecular weight is 233 g/mol. The Balaban J connectivity index is 1.88. The quantitative estimate of drug-likeness (QED) is 0.843. The maximum atomic E-state index is 5.51. The van der Waals surface area contributed by atoms with Gasteiger partial charge >= 0.3 is 0 Å². The van der Waals surface area contributed by atoms with Gasteiger partial charge in [-0.15, -0.1) is 0 Å². The van der Waals surface area contributed by atoms with Crippen molar-refractivity contribution in [3.63, 3.8) is 0 Å². The molecule has 0 saturated carbocycles. The van der Waals surface area contributed by atoms with Crippen molar-refractivity contribution in [3.8, 4) is 5.75 Å². The van der Waals surface area contributed by atoms with Gasteiger partial charge in [0.15, 0.2) is 0 Å². The third-order valence-corrected chi connectivity index (χ3v) is 3.64. The smallest absolute Gasteiger partial charge is 0.122 e. The third-order valence-electron chi connectivity index (χ3n) is 3.64. The molecule has 0 aliphatic carbocycles. The first-order valence-electron chi connectivity index (χ1n) is 6.56. The van der Waals surface area contributed by atoms with Crippen molar-refractivity contribution in [2.75, 3.05) is 13.2 Å². The van der Waals surface area contributed by atoms with Crippen molar-refractivity contribution < 1.29 is 4.74 Å². The summed E-state index contributed by atoms with van der Waals surface area (Å²) in [6.45, 7) is 9.71. The van der Waals surface area contributed by atoms with Gasteiger partial charge in [-0.2, -0.15) is 0 Å². The molecule has 0 unspecified atom stereocenters. The van der Waals surface area contributed by atoms with E-state index in [1.165, 1.54) is 17.5 Å². The van der Waals surface area contributed by atoms with Crippen LogP contribution in [0.15, 0.2) is 18.2 Å². The second-order valence-corrected chi connectivity index (χ2v) is 5.66. The molecule has 2 rings (SSSR count). The molecule has 0 atom stereocenters. The summed E-state index contributed by atoms with van der Waals surface area (Å²) >= 11 is 0. The highest BCUT2D eigenvalue weighted by atomic mass is 16.5. The first kappa shape index (κ1) is 12.4. The van der Waals surface area contributed by atoms with Crippen LogP contribution in [-0.4, -0.2) is 13.2 Å². The second-order valence-electron chi connectivity index (χ2n) is 5.66. The first-order chi connectivity index (χ1) is 8.11. The standard InChI is InChI=1S/C15H23NO/c1-4-15(2,3)11-16-10-12-5-6-14-13(9-12)7-8-17-14/h5-6,9,16H,4,7-8,10-11H2,1-3H3. The highest BCUT2D eigenvalue weighted by Gasteiger charge is 2.15. The fraction of sp³-hybridized carbons (Fsp3) is 0.600. The first-order valence-corrected chi connectivity index (χ1v) is 6.56. The minimum atomic E-state index is 0.389. The SMILES string of the molecule is CCC(C)(C)CNCc1ccc2c(c1)CCO2. The summed E-state index contributed by atoms with van der Waals surface area (Å²) in [5.74, 6) is 1.07. The van der Waals surface area contributed by atoms with Gasteiger partial charge in [0.25, 0.3) is 0 Å². The van der Waals surface area contributed by atoms with Crippen LogP contribution in [-0.2, 0) is 13.0 Å². The van der Waals surface area contributed by atoms with Crippen LogP contribution in [0.4, 0.5) is 0 Å². The van der Waals surface area contributed by atoms with Gasteiger partial charge < -0.3 is 10.1 Å². The predicted octanol–water partition coefficient (Wildman–Crippen LogP) is 3.15. The molecular formula is C15H23NO. The number of benzene rings is 1. The zero-order chi connectivity index (χ0) is 12.3. The number of rotatable bonds is 5. The Hall–Kier alpha value is -1.02. The maximum Gasteiger partial charge on any atom is 0.122 e. The van der Waals surface area contributed by atoms with Crippen LogP contribution in [0.2, 0.25) is 0 Å². The van der Waals surface area contributed by atoms with Gasteiger partial charge in [0.1, 0.15) is 5.75 Å². The van der Waals surface area contributed by atoms with Gasteiger partial charge in [0.2, 0.25) is 0 Å². The fourth-order valence-corrected chi connectivity index (χ4v) is 2.02. The van der Waals surface area contributed by atoms with Crippen molar-refractivity contribution in [2.24, 2.45) is 5.41 Å². The summed E-state index contributed by atoms with van der Waals surface area (Å²) in [6.07, 6.45) is 2.27. The Morgan fingerprint density at radius 2 is 2.18 bits per heavy atom. The van der Waals surface area contributed by atoms with E-state index < -0.39 is 0 Å². The molecule has 1 heterocycles. The molecule has 94 valence electrons. The molecule has 1 aromatic carbocycles. The normalized spacial score (nSPS) is 14.5. The molecule has 0 amide bonds. The van der Waals surface area contributed by atoms with Crippen LogP contribution in [0.25, 0.3) is 0 Å². The van der Waals surface area contributed by atoms with Crippen LogP contribution >= 0.6 is 0 Å². The lowest BCUT2D eigenvalue weighted by molar-refractivity contribution is 0.327. The summed E-state index contributed by atoms with van der Waals surface area (Å²) in [7, 11) is 0. The summed E-state index contributed by atoms with van der Waals surface area (Å²) in [5, 5.41) is 3.54. The van der Waals surface area contributed by atoms with E-state index in [0.29, 0.717) is 5.41 Å². The molecule has 17 heavy (non-hydrogen) atoms. The highest BCUT2D eigenvalue weighted by Crippen LogP contribution is 2.26. The largest absolute Gasteiger partial charge is 0.493 e. The van der Waals surface area contributed by atoms with Crippen molar-refractivity contribution in [2.45, 2.75) is 40.2 Å². The highest BCUT2D eigenvalue weighted by molar-refractivity contribution is 5.39. The molecule has 0 saturated heterocycles. The number of hydrogen-bond acceptors (Lipinski definition) is 2. The lowest BCUT2D eigenvalue weighted by atomic mass is 9.90. The zero-order valence-corrected chi connectivity index (χ0v) is 11.2. The molecule has 1 aromatic rings. The van der Waals surface area contributed by atoms with Crippen LogP contribution in [0.3, 0.4) is 0 Å². The predicted molar refractivity (Wildman–Crippen MR) is 71.4 cm³/mol. The molecule has 2 heteroatoms. The summed E-state index contributed by atoms with van der Waals surface area (Å²) in [5.41, 5.74) is 3.11. The second kappa shape index (κ2) is 5.09. The molecule has 0 radical (unpaired) electrons. The van der Waals surface area contributed by atoms with E-state index in [4.69, 9.17) is 4.74 Å². The van der Waals surface area contributed by atoms with E-state index in [9.17, 15) is 0 Å². The number of fused-ring (bicyclic) bond motifs is 1. The van der Waals surface area contributed by atoms with Gasteiger partial charge in [-0.25, -0.2) is 0 Å². The molecule has 0 fully saturated rings. The van der Waals surface area contributed by atoms with Crippen LogP contribution in [0.5, 0.6) is 5.75 Å². The van der Waals surface area contributed by atoms with Crippen LogP contribution in [0.1, 0.15) is 38.3 Å². The van der Waals surface area contributed by atoms with E-state index in [1.807, 2.05) is 0 Å². The molecule has 1 aliphatic heterocycles. The van der Waals surface area contributed by atoms with Crippen molar-refractivity contribution in [1.82, 2.24) is 5.32 Å². The average Bonchev–Trinajstić information content (AvgIpc) is 2.76.